The van der Waals surface area contributed by atoms with Crippen LogP contribution in [-0.4, -0.2) is 37.6 Å². The average molecular weight is 410 g/mol. The minimum absolute atomic E-state index is 0.0351. The number of aryl methyl sites for hydroxylation is 1. The van der Waals surface area contributed by atoms with Gasteiger partial charge in [-0.15, -0.1) is 0 Å². The predicted molar refractivity (Wildman–Crippen MR) is 103 cm³/mol. The molecule has 0 aromatic heterocycles. The lowest BCUT2D eigenvalue weighted by Gasteiger charge is -2.24. The molecule has 7 heteroatoms. The van der Waals surface area contributed by atoms with Crippen LogP contribution in [0.5, 0.6) is 0 Å². The Morgan fingerprint density at radius 2 is 1.93 bits per heavy atom. The molecule has 1 atom stereocenters. The number of hydrogen-bond acceptors (Lipinski definition) is 3. The molecule has 1 unspecified atom stereocenters. The van der Waals surface area contributed by atoms with E-state index in [1.165, 1.54) is 12.1 Å². The number of halogens is 2. The van der Waals surface area contributed by atoms with Crippen LogP contribution in [0.1, 0.15) is 24.8 Å². The minimum atomic E-state index is -3.44. The molecule has 3 rings (SSSR count). The van der Waals surface area contributed by atoms with E-state index in [0.29, 0.717) is 19.4 Å². The minimum Gasteiger partial charge on any atom is -0.339 e. The molecule has 0 bridgehead atoms. The Kier molecular flexibility index (Phi) is 6.17. The molecule has 1 saturated heterocycles. The van der Waals surface area contributed by atoms with E-state index >= 15 is 0 Å². The predicted octanol–water partition coefficient (Wildman–Crippen LogP) is 3.88. The molecule has 0 N–H and O–H groups in total. The Morgan fingerprint density at radius 3 is 2.63 bits per heavy atom. The number of hydrogen-bond donors (Lipinski definition) is 0. The third kappa shape index (κ3) is 4.87. The standard InChI is InChI=1S/C20H21ClFNO3S/c21-18-13-15(8-10-19(18)22)9-11-20(24)23-12-4-5-16(23)14-27(25,26)17-6-2-1-3-7-17/h1-3,6-8,10,13,16H,4-5,9,11-12,14H2. The van der Waals surface area contributed by atoms with E-state index in [1.807, 2.05) is 0 Å². The summed E-state index contributed by atoms with van der Waals surface area (Å²) in [7, 11) is -3.44. The molecule has 1 aliphatic heterocycles. The van der Waals surface area contributed by atoms with Gasteiger partial charge in [-0.25, -0.2) is 12.8 Å². The zero-order valence-electron chi connectivity index (χ0n) is 14.8. The van der Waals surface area contributed by atoms with Crippen LogP contribution in [0.15, 0.2) is 53.4 Å². The molecule has 2 aromatic carbocycles. The molecule has 144 valence electrons. The van der Waals surface area contributed by atoms with Crippen molar-refractivity contribution in [2.75, 3.05) is 12.3 Å². The van der Waals surface area contributed by atoms with Gasteiger partial charge in [-0.05, 0) is 49.1 Å². The van der Waals surface area contributed by atoms with E-state index < -0.39 is 15.7 Å². The Labute approximate surface area is 163 Å². The lowest BCUT2D eigenvalue weighted by molar-refractivity contribution is -0.131. The van der Waals surface area contributed by atoms with E-state index in [1.54, 1.807) is 41.3 Å². The summed E-state index contributed by atoms with van der Waals surface area (Å²) in [5.41, 5.74) is 0.780. The highest BCUT2D eigenvalue weighted by Crippen LogP contribution is 2.24. The first kappa shape index (κ1) is 19.8. The average Bonchev–Trinajstić information content (AvgIpc) is 3.10. The summed E-state index contributed by atoms with van der Waals surface area (Å²) >= 11 is 5.77. The molecule has 2 aromatic rings. The van der Waals surface area contributed by atoms with Crippen molar-refractivity contribution in [2.45, 2.75) is 36.6 Å². The van der Waals surface area contributed by atoms with Crippen molar-refractivity contribution in [3.8, 4) is 0 Å². The summed E-state index contributed by atoms with van der Waals surface area (Å²) in [6.07, 6.45) is 2.15. The highest BCUT2D eigenvalue weighted by Gasteiger charge is 2.32. The molecule has 0 aliphatic carbocycles. The summed E-state index contributed by atoms with van der Waals surface area (Å²) in [5, 5.41) is 0.0351. The van der Waals surface area contributed by atoms with Crippen LogP contribution in [0.4, 0.5) is 4.39 Å². The number of likely N-dealkylation sites (tertiary alicyclic amines) is 1. The van der Waals surface area contributed by atoms with Crippen LogP contribution in [0, 0.1) is 5.82 Å². The molecule has 4 nitrogen and oxygen atoms in total. The second-order valence-corrected chi connectivity index (χ2v) is 9.17. The van der Waals surface area contributed by atoms with Crippen molar-refractivity contribution < 1.29 is 17.6 Å². The molecule has 1 aliphatic rings. The first-order valence-corrected chi connectivity index (χ1v) is 10.9. The number of carbonyl (C=O) groups is 1. The van der Waals surface area contributed by atoms with E-state index in [9.17, 15) is 17.6 Å². The SMILES string of the molecule is O=C(CCc1ccc(F)c(Cl)c1)N1CCCC1CS(=O)(=O)c1ccccc1. The molecule has 27 heavy (non-hydrogen) atoms. The maximum Gasteiger partial charge on any atom is 0.223 e. The van der Waals surface area contributed by atoms with Gasteiger partial charge in [-0.1, -0.05) is 35.9 Å². The summed E-state index contributed by atoms with van der Waals surface area (Å²) in [5.74, 6) is -0.635. The van der Waals surface area contributed by atoms with Gasteiger partial charge in [-0.3, -0.25) is 4.79 Å². The van der Waals surface area contributed by atoms with E-state index in [2.05, 4.69) is 0 Å². The zero-order chi connectivity index (χ0) is 19.4. The van der Waals surface area contributed by atoms with Crippen LogP contribution in [0.3, 0.4) is 0 Å². The van der Waals surface area contributed by atoms with Crippen molar-refractivity contribution >= 4 is 27.3 Å². The summed E-state index contributed by atoms with van der Waals surface area (Å²) in [4.78, 5) is 14.6. The Bertz CT molecular complexity index is 918. The number of sulfone groups is 1. The molecule has 1 heterocycles. The van der Waals surface area contributed by atoms with Crippen LogP contribution in [0.25, 0.3) is 0 Å². The van der Waals surface area contributed by atoms with Crippen molar-refractivity contribution in [1.82, 2.24) is 4.90 Å². The monoisotopic (exact) mass is 409 g/mol. The van der Waals surface area contributed by atoms with Gasteiger partial charge in [0.05, 0.1) is 15.7 Å². The highest BCUT2D eigenvalue weighted by atomic mass is 35.5. The molecular formula is C20H21ClFNO3S. The number of benzene rings is 2. The number of carbonyl (C=O) groups excluding carboxylic acids is 1. The molecule has 0 saturated carbocycles. The van der Waals surface area contributed by atoms with Gasteiger partial charge >= 0.3 is 0 Å². The van der Waals surface area contributed by atoms with Crippen molar-refractivity contribution in [1.29, 1.82) is 0 Å². The second kappa shape index (κ2) is 8.40. The maximum atomic E-state index is 13.2. The number of rotatable bonds is 6. The molecule has 1 fully saturated rings. The normalized spacial score (nSPS) is 17.3. The third-order valence-corrected chi connectivity index (χ3v) is 6.93. The van der Waals surface area contributed by atoms with Crippen LogP contribution >= 0.6 is 11.6 Å². The van der Waals surface area contributed by atoms with Crippen LogP contribution in [0.2, 0.25) is 5.02 Å². The fourth-order valence-electron chi connectivity index (χ4n) is 3.40. The van der Waals surface area contributed by atoms with Gasteiger partial charge in [0.2, 0.25) is 5.91 Å². The van der Waals surface area contributed by atoms with Gasteiger partial charge in [-0.2, -0.15) is 0 Å². The number of nitrogens with zero attached hydrogens (tertiary/aromatic N) is 1. The van der Waals surface area contributed by atoms with Crippen molar-refractivity contribution in [3.05, 3.63) is 64.9 Å². The van der Waals surface area contributed by atoms with Gasteiger partial charge in [0.25, 0.3) is 0 Å². The van der Waals surface area contributed by atoms with E-state index in [0.717, 1.165) is 12.0 Å². The smallest absolute Gasteiger partial charge is 0.223 e. The summed E-state index contributed by atoms with van der Waals surface area (Å²) in [6, 6.07) is 12.4. The molecule has 0 spiro atoms. The largest absolute Gasteiger partial charge is 0.339 e. The highest BCUT2D eigenvalue weighted by molar-refractivity contribution is 7.91. The Morgan fingerprint density at radius 1 is 1.19 bits per heavy atom. The quantitative estimate of drug-likeness (QED) is 0.727. The zero-order valence-corrected chi connectivity index (χ0v) is 16.3. The first-order valence-electron chi connectivity index (χ1n) is 8.88. The van der Waals surface area contributed by atoms with E-state index in [-0.39, 0.29) is 34.0 Å². The first-order chi connectivity index (χ1) is 12.9. The van der Waals surface area contributed by atoms with Crippen LogP contribution < -0.4 is 0 Å². The van der Waals surface area contributed by atoms with Crippen LogP contribution in [-0.2, 0) is 21.1 Å². The molecular weight excluding hydrogens is 389 g/mol. The summed E-state index contributed by atoms with van der Waals surface area (Å²) in [6.45, 7) is 0.567. The van der Waals surface area contributed by atoms with Crippen molar-refractivity contribution in [3.63, 3.8) is 0 Å². The van der Waals surface area contributed by atoms with Gasteiger partial charge < -0.3 is 4.90 Å². The summed E-state index contributed by atoms with van der Waals surface area (Å²) < 4.78 is 38.5. The third-order valence-electron chi connectivity index (χ3n) is 4.82. The Hall–Kier alpha value is -1.92. The fraction of sp³-hybridized carbons (Fsp3) is 0.350. The lowest BCUT2D eigenvalue weighted by Crippen LogP contribution is -2.39. The van der Waals surface area contributed by atoms with E-state index in [4.69, 9.17) is 11.6 Å². The lowest BCUT2D eigenvalue weighted by atomic mass is 10.1. The van der Waals surface area contributed by atoms with Gasteiger partial charge in [0.15, 0.2) is 9.84 Å². The maximum absolute atomic E-state index is 13.2. The number of amides is 1. The Balaban J connectivity index is 1.63. The fourth-order valence-corrected chi connectivity index (χ4v) is 5.23. The van der Waals surface area contributed by atoms with Crippen molar-refractivity contribution in [2.24, 2.45) is 0 Å². The molecule has 0 radical (unpaired) electrons. The second-order valence-electron chi connectivity index (χ2n) is 6.73. The molecule has 1 amide bonds. The van der Waals surface area contributed by atoms with Gasteiger partial charge in [0.1, 0.15) is 5.82 Å². The topological polar surface area (TPSA) is 54.5 Å². The van der Waals surface area contributed by atoms with Gasteiger partial charge in [0, 0.05) is 19.0 Å².